The molecule has 0 spiro atoms. The van der Waals surface area contributed by atoms with Gasteiger partial charge in [-0.1, -0.05) is 44.4 Å². The minimum Gasteiger partial charge on any atom is -0.497 e. The van der Waals surface area contributed by atoms with Crippen LogP contribution in [0.15, 0.2) is 29.5 Å². The van der Waals surface area contributed by atoms with E-state index in [2.05, 4.69) is 25.1 Å². The van der Waals surface area contributed by atoms with Gasteiger partial charge in [0.05, 0.1) is 7.11 Å². The highest BCUT2D eigenvalue weighted by Crippen LogP contribution is 2.28. The first-order valence-corrected chi connectivity index (χ1v) is 11.6. The highest BCUT2D eigenvalue weighted by atomic mass is 28.4. The molecule has 0 heterocycles. The Morgan fingerprint density at radius 1 is 0.846 bits per heavy atom. The fourth-order valence-electron chi connectivity index (χ4n) is 2.93. The number of methoxy groups -OCH3 is 1. The molecular formula is C21H36O4Si. The molecule has 0 radical (unpaired) electrons. The lowest BCUT2D eigenvalue weighted by atomic mass is 10.1. The minimum atomic E-state index is -2.86. The van der Waals surface area contributed by atoms with Gasteiger partial charge in [0, 0.05) is 25.0 Å². The van der Waals surface area contributed by atoms with E-state index in [-0.39, 0.29) is 0 Å². The molecule has 0 saturated heterocycles. The lowest BCUT2D eigenvalue weighted by Gasteiger charge is -2.31. The molecule has 0 bridgehead atoms. The van der Waals surface area contributed by atoms with Gasteiger partial charge >= 0.3 is 8.80 Å². The van der Waals surface area contributed by atoms with Crippen LogP contribution in [0.1, 0.15) is 65.4 Å². The van der Waals surface area contributed by atoms with Crippen LogP contribution in [0.3, 0.4) is 0 Å². The summed E-state index contributed by atoms with van der Waals surface area (Å²) in [6.45, 7) is 9.99. The zero-order valence-corrected chi connectivity index (χ0v) is 18.2. The Labute approximate surface area is 160 Å². The summed E-state index contributed by atoms with van der Waals surface area (Å²) in [7, 11) is -1.18. The molecule has 1 rings (SSSR count). The van der Waals surface area contributed by atoms with Crippen LogP contribution in [0, 0.1) is 0 Å². The molecule has 1 aromatic carbocycles. The molecule has 0 unspecified atom stereocenters. The lowest BCUT2D eigenvalue weighted by molar-refractivity contribution is 0.0800. The third-order valence-corrected chi connectivity index (χ3v) is 7.34. The van der Waals surface area contributed by atoms with Gasteiger partial charge < -0.3 is 18.0 Å². The SMILES string of the molecule is CCCCCCC(=Cc1ccc(OC)cc1)[Si](OCC)(OCC)OCC. The highest BCUT2D eigenvalue weighted by Gasteiger charge is 2.44. The Bertz CT molecular complexity index is 496. The fraction of sp³-hybridized carbons (Fsp3) is 0.619. The molecule has 0 atom stereocenters. The van der Waals surface area contributed by atoms with Crippen LogP contribution >= 0.6 is 0 Å². The second-order valence-electron chi connectivity index (χ2n) is 6.11. The van der Waals surface area contributed by atoms with E-state index >= 15 is 0 Å². The van der Waals surface area contributed by atoms with Crippen LogP contribution < -0.4 is 4.74 Å². The summed E-state index contributed by atoms with van der Waals surface area (Å²) >= 11 is 0. The number of ether oxygens (including phenoxy) is 1. The summed E-state index contributed by atoms with van der Waals surface area (Å²) in [5.41, 5.74) is 1.12. The third kappa shape index (κ3) is 7.23. The molecule has 5 heteroatoms. The van der Waals surface area contributed by atoms with Crippen LogP contribution in [0.2, 0.25) is 0 Å². The van der Waals surface area contributed by atoms with Crippen LogP contribution in [-0.4, -0.2) is 35.7 Å². The van der Waals surface area contributed by atoms with Crippen LogP contribution in [0.25, 0.3) is 6.08 Å². The fourth-order valence-corrected chi connectivity index (χ4v) is 5.70. The topological polar surface area (TPSA) is 36.9 Å². The van der Waals surface area contributed by atoms with Gasteiger partial charge in [-0.3, -0.25) is 0 Å². The zero-order valence-electron chi connectivity index (χ0n) is 17.2. The molecular weight excluding hydrogens is 344 g/mol. The molecule has 26 heavy (non-hydrogen) atoms. The van der Waals surface area contributed by atoms with Gasteiger partial charge in [-0.25, -0.2) is 0 Å². The Hall–Kier alpha value is -1.14. The molecule has 0 amide bonds. The smallest absolute Gasteiger partial charge is 0.497 e. The number of hydrogen-bond acceptors (Lipinski definition) is 4. The molecule has 0 N–H and O–H groups in total. The molecule has 4 nitrogen and oxygen atoms in total. The van der Waals surface area contributed by atoms with Crippen molar-refractivity contribution in [1.29, 1.82) is 0 Å². The monoisotopic (exact) mass is 380 g/mol. The molecule has 0 fully saturated rings. The van der Waals surface area contributed by atoms with Crippen molar-refractivity contribution in [2.24, 2.45) is 0 Å². The van der Waals surface area contributed by atoms with Crippen LogP contribution in [-0.2, 0) is 13.3 Å². The second kappa shape index (κ2) is 13.1. The van der Waals surface area contributed by atoms with Gasteiger partial charge in [0.2, 0.25) is 0 Å². The molecule has 1 aromatic rings. The van der Waals surface area contributed by atoms with Crippen molar-refractivity contribution in [3.63, 3.8) is 0 Å². The van der Waals surface area contributed by atoms with Crippen molar-refractivity contribution < 1.29 is 18.0 Å². The molecule has 0 saturated carbocycles. The van der Waals surface area contributed by atoms with E-state index in [0.717, 1.165) is 24.2 Å². The first-order chi connectivity index (χ1) is 12.7. The Kier molecular flexibility index (Phi) is 11.5. The maximum atomic E-state index is 6.15. The van der Waals surface area contributed by atoms with Gasteiger partial charge in [-0.05, 0) is 51.3 Å². The molecule has 0 aliphatic heterocycles. The average molecular weight is 381 g/mol. The molecule has 148 valence electrons. The summed E-state index contributed by atoms with van der Waals surface area (Å²) in [5, 5.41) is 1.17. The number of rotatable bonds is 14. The normalized spacial score (nSPS) is 12.4. The summed E-state index contributed by atoms with van der Waals surface area (Å²) in [6.07, 6.45) is 7.95. The van der Waals surface area contributed by atoms with Crippen molar-refractivity contribution in [3.8, 4) is 5.75 Å². The summed E-state index contributed by atoms with van der Waals surface area (Å²) in [5.74, 6) is 0.856. The van der Waals surface area contributed by atoms with E-state index < -0.39 is 8.80 Å². The van der Waals surface area contributed by atoms with Gasteiger partial charge in [0.15, 0.2) is 0 Å². The Morgan fingerprint density at radius 2 is 1.42 bits per heavy atom. The van der Waals surface area contributed by atoms with E-state index in [4.69, 9.17) is 18.0 Å². The minimum absolute atomic E-state index is 0.584. The molecule has 0 aromatic heterocycles. The van der Waals surface area contributed by atoms with E-state index in [1.54, 1.807) is 7.11 Å². The number of hydrogen-bond donors (Lipinski definition) is 0. The first kappa shape index (κ1) is 22.9. The van der Waals surface area contributed by atoms with Gasteiger partial charge in [0.1, 0.15) is 5.75 Å². The highest BCUT2D eigenvalue weighted by molar-refractivity contribution is 6.69. The van der Waals surface area contributed by atoms with Crippen molar-refractivity contribution in [3.05, 3.63) is 35.0 Å². The maximum Gasteiger partial charge on any atom is 0.532 e. The maximum absolute atomic E-state index is 6.15. The number of allylic oxidation sites excluding steroid dienone is 1. The van der Waals surface area contributed by atoms with Gasteiger partial charge in [-0.2, -0.15) is 0 Å². The predicted molar refractivity (Wildman–Crippen MR) is 110 cm³/mol. The average Bonchev–Trinajstić information content (AvgIpc) is 2.65. The predicted octanol–water partition coefficient (Wildman–Crippen LogP) is 5.64. The molecule has 0 aliphatic carbocycles. The molecule has 0 aliphatic rings. The summed E-state index contributed by atoms with van der Waals surface area (Å²) in [4.78, 5) is 0. The summed E-state index contributed by atoms with van der Waals surface area (Å²) < 4.78 is 23.7. The Balaban J connectivity index is 3.17. The first-order valence-electron chi connectivity index (χ1n) is 9.92. The van der Waals surface area contributed by atoms with Gasteiger partial charge in [-0.15, -0.1) is 0 Å². The quantitative estimate of drug-likeness (QED) is 0.309. The Morgan fingerprint density at radius 3 is 1.88 bits per heavy atom. The number of unbranched alkanes of at least 4 members (excludes halogenated alkanes) is 3. The van der Waals surface area contributed by atoms with E-state index in [0.29, 0.717) is 19.8 Å². The van der Waals surface area contributed by atoms with Crippen molar-refractivity contribution in [2.75, 3.05) is 26.9 Å². The van der Waals surface area contributed by atoms with E-state index in [9.17, 15) is 0 Å². The van der Waals surface area contributed by atoms with Crippen LogP contribution in [0.4, 0.5) is 0 Å². The zero-order chi connectivity index (χ0) is 19.3. The van der Waals surface area contributed by atoms with Crippen molar-refractivity contribution >= 4 is 14.9 Å². The summed E-state index contributed by atoms with van der Waals surface area (Å²) in [6, 6.07) is 8.08. The van der Waals surface area contributed by atoms with Crippen molar-refractivity contribution in [1.82, 2.24) is 0 Å². The second-order valence-corrected chi connectivity index (χ2v) is 8.73. The van der Waals surface area contributed by atoms with Crippen LogP contribution in [0.5, 0.6) is 5.75 Å². The third-order valence-electron chi connectivity index (χ3n) is 4.15. The van der Waals surface area contributed by atoms with E-state index in [1.807, 2.05) is 32.9 Å². The standard InChI is InChI=1S/C21H36O4Si/c1-6-10-11-12-13-21(18-19-14-16-20(22-5)17-15-19)26(23-7-2,24-8-3)25-9-4/h14-18H,6-13H2,1-5H3. The van der Waals surface area contributed by atoms with E-state index in [1.165, 1.54) is 24.5 Å². The van der Waals surface area contributed by atoms with Crippen molar-refractivity contribution in [2.45, 2.75) is 59.8 Å². The largest absolute Gasteiger partial charge is 0.532 e. The number of benzene rings is 1. The lowest BCUT2D eigenvalue weighted by Crippen LogP contribution is -2.48. The van der Waals surface area contributed by atoms with Gasteiger partial charge in [0.25, 0.3) is 0 Å².